The summed E-state index contributed by atoms with van der Waals surface area (Å²) in [4.78, 5) is 13.6. The van der Waals surface area contributed by atoms with Crippen LogP contribution < -0.4 is 9.47 Å². The maximum Gasteiger partial charge on any atom is 0.137 e. The topological polar surface area (TPSA) is 53.6 Å². The van der Waals surface area contributed by atoms with Crippen molar-refractivity contribution >= 4 is 37.2 Å². The Kier molecular flexibility index (Phi) is 12.8. The number of aromatic nitrogens is 2. The molecule has 1 aromatic heterocycles. The molecule has 0 amide bonds. The fraction of sp³-hybridized carbons (Fsp3) is 0.323. The van der Waals surface area contributed by atoms with Crippen molar-refractivity contribution < 1.29 is 9.47 Å². The summed E-state index contributed by atoms with van der Waals surface area (Å²) in [6.45, 7) is 8.26. The molecule has 2 heterocycles. The minimum Gasteiger partial charge on any atom is -0.497 e. The highest BCUT2D eigenvalue weighted by atomic mass is 35.5. The van der Waals surface area contributed by atoms with Gasteiger partial charge in [0.15, 0.2) is 0 Å². The average Bonchev–Trinajstić information content (AvgIpc) is 3.35. The van der Waals surface area contributed by atoms with Gasteiger partial charge >= 0.3 is 0 Å². The van der Waals surface area contributed by atoms with Crippen LogP contribution in [0.3, 0.4) is 0 Å². The Morgan fingerprint density at radius 1 is 0.725 bits per heavy atom. The van der Waals surface area contributed by atoms with Crippen molar-refractivity contribution in [2.45, 2.75) is 25.9 Å². The van der Waals surface area contributed by atoms with Crippen LogP contribution in [0.25, 0.3) is 11.4 Å². The molecule has 1 atom stereocenters. The fourth-order valence-corrected chi connectivity index (χ4v) is 5.41. The molecule has 40 heavy (non-hydrogen) atoms. The SMILES string of the molecule is COc1cccc(C(c2cccc(OC)c2)N2CCN(C(C)c3nc(-c4ccccc4)[nH]c3C)CC2)c1.Cl.Cl.Cl. The van der Waals surface area contributed by atoms with Crippen molar-refractivity contribution in [1.29, 1.82) is 0 Å². The number of hydrogen-bond acceptors (Lipinski definition) is 5. The van der Waals surface area contributed by atoms with Crippen molar-refractivity contribution in [2.24, 2.45) is 0 Å². The zero-order valence-electron chi connectivity index (χ0n) is 23.4. The van der Waals surface area contributed by atoms with Gasteiger partial charge in [-0.05, 0) is 49.2 Å². The van der Waals surface area contributed by atoms with Crippen LogP contribution in [0.4, 0.5) is 0 Å². The second-order valence-electron chi connectivity index (χ2n) is 9.67. The third-order valence-corrected chi connectivity index (χ3v) is 7.45. The van der Waals surface area contributed by atoms with E-state index < -0.39 is 0 Å². The van der Waals surface area contributed by atoms with E-state index in [-0.39, 0.29) is 49.3 Å². The number of hydrogen-bond donors (Lipinski definition) is 1. The van der Waals surface area contributed by atoms with Gasteiger partial charge in [0.1, 0.15) is 17.3 Å². The summed E-state index contributed by atoms with van der Waals surface area (Å²) in [6, 6.07) is 27.5. The molecule has 1 aliphatic rings. The summed E-state index contributed by atoms with van der Waals surface area (Å²) in [5.41, 5.74) is 5.84. The van der Waals surface area contributed by atoms with Gasteiger partial charge in [-0.3, -0.25) is 9.80 Å². The zero-order chi connectivity index (χ0) is 25.8. The molecule has 0 bridgehead atoms. The second-order valence-corrected chi connectivity index (χ2v) is 9.67. The summed E-state index contributed by atoms with van der Waals surface area (Å²) in [5, 5.41) is 0. The molecule has 0 aliphatic carbocycles. The molecular formula is C31H39Cl3N4O2. The Balaban J connectivity index is 0.00000187. The number of ether oxygens (including phenoxy) is 2. The molecule has 0 spiro atoms. The van der Waals surface area contributed by atoms with Crippen molar-refractivity contribution in [3.63, 3.8) is 0 Å². The van der Waals surface area contributed by atoms with E-state index in [1.165, 1.54) is 11.1 Å². The predicted molar refractivity (Wildman–Crippen MR) is 170 cm³/mol. The Bertz CT molecular complexity index is 1280. The van der Waals surface area contributed by atoms with Gasteiger partial charge in [0.2, 0.25) is 0 Å². The van der Waals surface area contributed by atoms with Crippen LogP contribution in [0.2, 0.25) is 0 Å². The lowest BCUT2D eigenvalue weighted by molar-refractivity contribution is 0.0825. The summed E-state index contributed by atoms with van der Waals surface area (Å²) >= 11 is 0. The zero-order valence-corrected chi connectivity index (χ0v) is 25.8. The first-order valence-electron chi connectivity index (χ1n) is 13.0. The van der Waals surface area contributed by atoms with Crippen molar-refractivity contribution in [3.8, 4) is 22.9 Å². The molecule has 216 valence electrons. The molecule has 1 saturated heterocycles. The van der Waals surface area contributed by atoms with Crippen LogP contribution in [0, 0.1) is 6.92 Å². The first-order valence-corrected chi connectivity index (χ1v) is 13.0. The van der Waals surface area contributed by atoms with Gasteiger partial charge in [-0.2, -0.15) is 0 Å². The number of aryl methyl sites for hydroxylation is 1. The summed E-state index contributed by atoms with van der Waals surface area (Å²) in [7, 11) is 3.44. The number of benzene rings is 3. The van der Waals surface area contributed by atoms with Gasteiger partial charge in [-0.1, -0.05) is 54.6 Å². The number of piperazine rings is 1. The average molecular weight is 606 g/mol. The summed E-state index contributed by atoms with van der Waals surface area (Å²) < 4.78 is 11.1. The van der Waals surface area contributed by atoms with E-state index in [1.54, 1.807) is 14.2 Å². The minimum absolute atomic E-state index is 0. The molecule has 1 unspecified atom stereocenters. The predicted octanol–water partition coefficient (Wildman–Crippen LogP) is 7.14. The van der Waals surface area contributed by atoms with Gasteiger partial charge in [0.05, 0.1) is 32.0 Å². The first-order chi connectivity index (χ1) is 18.1. The number of H-pyrrole nitrogens is 1. The Morgan fingerprint density at radius 2 is 1.25 bits per heavy atom. The Hall–Kier alpha value is -2.74. The maximum absolute atomic E-state index is 5.55. The van der Waals surface area contributed by atoms with E-state index >= 15 is 0 Å². The number of nitrogens with one attached hydrogen (secondary N) is 1. The largest absolute Gasteiger partial charge is 0.497 e. The summed E-state index contributed by atoms with van der Waals surface area (Å²) in [6.07, 6.45) is 0. The van der Waals surface area contributed by atoms with E-state index in [0.29, 0.717) is 0 Å². The van der Waals surface area contributed by atoms with Crippen LogP contribution in [-0.4, -0.2) is 60.2 Å². The van der Waals surface area contributed by atoms with Gasteiger partial charge in [-0.15, -0.1) is 37.2 Å². The second kappa shape index (κ2) is 15.3. The molecule has 0 radical (unpaired) electrons. The maximum atomic E-state index is 5.55. The molecule has 3 aromatic carbocycles. The fourth-order valence-electron chi connectivity index (χ4n) is 5.41. The van der Waals surface area contributed by atoms with Gasteiger partial charge in [0, 0.05) is 37.4 Å². The third-order valence-electron chi connectivity index (χ3n) is 7.45. The van der Waals surface area contributed by atoms with Crippen LogP contribution in [0.15, 0.2) is 78.9 Å². The number of rotatable bonds is 8. The van der Waals surface area contributed by atoms with E-state index in [1.807, 2.05) is 18.2 Å². The van der Waals surface area contributed by atoms with E-state index in [4.69, 9.17) is 14.5 Å². The van der Waals surface area contributed by atoms with Crippen molar-refractivity contribution in [3.05, 3.63) is 101 Å². The lowest BCUT2D eigenvalue weighted by Gasteiger charge is -2.41. The van der Waals surface area contributed by atoms with E-state index in [0.717, 1.165) is 60.5 Å². The Labute approximate surface area is 256 Å². The molecule has 1 aliphatic heterocycles. The lowest BCUT2D eigenvalue weighted by atomic mass is 9.95. The Morgan fingerprint density at radius 3 is 1.77 bits per heavy atom. The number of methoxy groups -OCH3 is 2. The van der Waals surface area contributed by atoms with Crippen LogP contribution in [0.5, 0.6) is 11.5 Å². The molecule has 5 rings (SSSR count). The van der Waals surface area contributed by atoms with Crippen LogP contribution in [-0.2, 0) is 0 Å². The molecule has 6 nitrogen and oxygen atoms in total. The normalized spacial score (nSPS) is 14.4. The highest BCUT2D eigenvalue weighted by molar-refractivity contribution is 5.86. The van der Waals surface area contributed by atoms with Gasteiger partial charge in [-0.25, -0.2) is 4.98 Å². The lowest BCUT2D eigenvalue weighted by Crippen LogP contribution is -2.48. The third kappa shape index (κ3) is 7.31. The number of nitrogens with zero attached hydrogens (tertiary/aromatic N) is 3. The highest BCUT2D eigenvalue weighted by Gasteiger charge is 2.30. The van der Waals surface area contributed by atoms with Crippen molar-refractivity contribution in [1.82, 2.24) is 19.8 Å². The molecule has 1 fully saturated rings. The highest BCUT2D eigenvalue weighted by Crippen LogP contribution is 2.34. The molecule has 1 N–H and O–H groups in total. The van der Waals surface area contributed by atoms with Gasteiger partial charge in [0.25, 0.3) is 0 Å². The number of aromatic amines is 1. The van der Waals surface area contributed by atoms with E-state index in [9.17, 15) is 0 Å². The minimum atomic E-state index is 0. The number of halogens is 3. The smallest absolute Gasteiger partial charge is 0.137 e. The molecular weight excluding hydrogens is 567 g/mol. The van der Waals surface area contributed by atoms with Gasteiger partial charge < -0.3 is 14.5 Å². The van der Waals surface area contributed by atoms with E-state index in [2.05, 4.69) is 89.3 Å². The molecule has 9 heteroatoms. The standard InChI is InChI=1S/C31H36N4O2.3ClH/c1-22-29(33-31(32-22)24-10-6-5-7-11-24)23(2)34-16-18-35(19-17-34)30(25-12-8-14-27(20-25)36-3)26-13-9-15-28(21-26)37-4;;;/h5-15,20-21,23,30H,16-19H2,1-4H3,(H,32,33);3*1H. The monoisotopic (exact) mass is 604 g/mol. The van der Waals surface area contributed by atoms with Crippen LogP contribution in [0.1, 0.15) is 41.5 Å². The van der Waals surface area contributed by atoms with Crippen LogP contribution >= 0.6 is 37.2 Å². The van der Waals surface area contributed by atoms with Crippen molar-refractivity contribution in [2.75, 3.05) is 40.4 Å². The summed E-state index contributed by atoms with van der Waals surface area (Å²) in [5.74, 6) is 2.69. The molecule has 4 aromatic rings. The quantitative estimate of drug-likeness (QED) is 0.231. The number of imidazole rings is 1. The first kappa shape index (κ1) is 33.5. The molecule has 0 saturated carbocycles.